The first-order valence-corrected chi connectivity index (χ1v) is 10.6. The summed E-state index contributed by atoms with van der Waals surface area (Å²) in [5, 5.41) is 2.99. The van der Waals surface area contributed by atoms with Gasteiger partial charge in [0.05, 0.1) is 6.04 Å². The molecule has 0 radical (unpaired) electrons. The average Bonchev–Trinajstić information content (AvgIpc) is 2.69. The van der Waals surface area contributed by atoms with Crippen molar-refractivity contribution in [1.82, 2.24) is 15.1 Å². The fraction of sp³-hybridized carbons (Fsp3) is 0.565. The molecule has 0 saturated carbocycles. The van der Waals surface area contributed by atoms with E-state index < -0.39 is 0 Å². The van der Waals surface area contributed by atoms with Crippen molar-refractivity contribution in [3.8, 4) is 0 Å². The third kappa shape index (κ3) is 4.14. The van der Waals surface area contributed by atoms with Crippen LogP contribution < -0.4 is 5.32 Å². The number of amides is 2. The van der Waals surface area contributed by atoms with Crippen molar-refractivity contribution in [2.75, 3.05) is 26.2 Å². The first-order chi connectivity index (χ1) is 13.6. The highest BCUT2D eigenvalue weighted by atomic mass is 16.2. The monoisotopic (exact) mass is 381 g/mol. The smallest absolute Gasteiger partial charge is 0.223 e. The molecule has 1 aromatic carbocycles. The topological polar surface area (TPSA) is 52.7 Å². The Labute approximate surface area is 167 Å². The molecule has 0 spiro atoms. The number of rotatable bonds is 5. The average molecular weight is 382 g/mol. The van der Waals surface area contributed by atoms with Crippen LogP contribution in [0.5, 0.6) is 0 Å². The van der Waals surface area contributed by atoms with Crippen molar-refractivity contribution in [2.45, 2.75) is 44.7 Å². The van der Waals surface area contributed by atoms with Crippen LogP contribution >= 0.6 is 0 Å². The minimum absolute atomic E-state index is 0.0124. The molecule has 4 rings (SSSR count). The number of fused-ring (bicyclic) bond motifs is 4. The molecular weight excluding hydrogens is 350 g/mol. The number of nitrogens with one attached hydrogen (secondary N) is 1. The van der Waals surface area contributed by atoms with Gasteiger partial charge in [-0.25, -0.2) is 0 Å². The highest BCUT2D eigenvalue weighted by molar-refractivity contribution is 5.78. The molecule has 5 nitrogen and oxygen atoms in total. The molecule has 3 heterocycles. The van der Waals surface area contributed by atoms with E-state index in [1.807, 2.05) is 6.07 Å². The van der Waals surface area contributed by atoms with Gasteiger partial charge in [0.25, 0.3) is 0 Å². The molecule has 28 heavy (non-hydrogen) atoms. The van der Waals surface area contributed by atoms with Crippen LogP contribution in [-0.2, 0) is 9.59 Å². The van der Waals surface area contributed by atoms with Gasteiger partial charge in [0.2, 0.25) is 11.8 Å². The van der Waals surface area contributed by atoms with E-state index in [9.17, 15) is 9.59 Å². The molecule has 2 bridgehead atoms. The van der Waals surface area contributed by atoms with E-state index in [1.165, 1.54) is 12.0 Å². The predicted molar refractivity (Wildman–Crippen MR) is 110 cm³/mol. The SMILES string of the molecule is CC(=O)NC[C@H]1[C@H]2C[C@H](CN(CC=Cc3ccccc3)C2)[C@@H]2CCCC(=O)N21. The van der Waals surface area contributed by atoms with Gasteiger partial charge in [-0.3, -0.25) is 14.5 Å². The molecule has 3 aliphatic rings. The zero-order valence-electron chi connectivity index (χ0n) is 16.7. The zero-order chi connectivity index (χ0) is 19.5. The van der Waals surface area contributed by atoms with Crippen LogP contribution in [0.2, 0.25) is 0 Å². The zero-order valence-corrected chi connectivity index (χ0v) is 16.7. The van der Waals surface area contributed by atoms with Gasteiger partial charge in [0.15, 0.2) is 0 Å². The molecule has 1 aromatic rings. The van der Waals surface area contributed by atoms with E-state index in [1.54, 1.807) is 6.92 Å². The molecule has 0 aliphatic carbocycles. The molecule has 0 unspecified atom stereocenters. The standard InChI is InChI=1S/C23H31N3O2/c1-17(27)24-14-22-20-13-19(21-10-5-11-23(28)26(21)22)15-25(16-20)12-6-9-18-7-3-2-4-8-18/h2-4,6-9,19-22H,5,10-16H2,1H3,(H,24,27)/t19-,20+,21+,22+/m1/s1. The summed E-state index contributed by atoms with van der Waals surface area (Å²) in [5.41, 5.74) is 1.23. The summed E-state index contributed by atoms with van der Waals surface area (Å²) in [6.07, 6.45) is 8.39. The number of hydrogen-bond donors (Lipinski definition) is 1. The summed E-state index contributed by atoms with van der Waals surface area (Å²) in [7, 11) is 0. The van der Waals surface area contributed by atoms with Crippen molar-refractivity contribution in [3.63, 3.8) is 0 Å². The highest BCUT2D eigenvalue weighted by Gasteiger charge is 2.49. The van der Waals surface area contributed by atoms with Gasteiger partial charge < -0.3 is 10.2 Å². The molecular formula is C23H31N3O2. The second-order valence-electron chi connectivity index (χ2n) is 8.55. The lowest BCUT2D eigenvalue weighted by molar-refractivity contribution is -0.152. The van der Waals surface area contributed by atoms with Gasteiger partial charge in [0.1, 0.15) is 0 Å². The summed E-state index contributed by atoms with van der Waals surface area (Å²) in [5.74, 6) is 1.27. The maximum atomic E-state index is 12.7. The molecule has 150 valence electrons. The Bertz CT molecular complexity index is 733. The minimum atomic E-state index is -0.0124. The quantitative estimate of drug-likeness (QED) is 0.853. The number of hydrogen-bond acceptors (Lipinski definition) is 3. The summed E-state index contributed by atoms with van der Waals surface area (Å²) in [4.78, 5) is 28.9. The normalized spacial score (nSPS) is 30.3. The van der Waals surface area contributed by atoms with Crippen LogP contribution in [0.15, 0.2) is 36.4 Å². The number of piperidine rings is 3. The van der Waals surface area contributed by atoms with Crippen LogP contribution in [0.1, 0.15) is 38.2 Å². The van der Waals surface area contributed by atoms with Crippen LogP contribution in [0.25, 0.3) is 6.08 Å². The second kappa shape index (κ2) is 8.48. The fourth-order valence-electron chi connectivity index (χ4n) is 5.43. The highest BCUT2D eigenvalue weighted by Crippen LogP contribution is 2.41. The maximum absolute atomic E-state index is 12.7. The second-order valence-corrected chi connectivity index (χ2v) is 8.55. The third-order valence-corrected chi connectivity index (χ3v) is 6.61. The van der Waals surface area contributed by atoms with Crippen molar-refractivity contribution < 1.29 is 9.59 Å². The van der Waals surface area contributed by atoms with Gasteiger partial charge in [-0.1, -0.05) is 42.5 Å². The molecule has 2 amide bonds. The number of carbonyl (C=O) groups excluding carboxylic acids is 2. The Hall–Kier alpha value is -2.14. The van der Waals surface area contributed by atoms with Gasteiger partial charge in [-0.2, -0.15) is 0 Å². The Morgan fingerprint density at radius 1 is 1.21 bits per heavy atom. The van der Waals surface area contributed by atoms with E-state index in [2.05, 4.69) is 51.5 Å². The lowest BCUT2D eigenvalue weighted by atomic mass is 9.72. The third-order valence-electron chi connectivity index (χ3n) is 6.61. The summed E-state index contributed by atoms with van der Waals surface area (Å²) in [6, 6.07) is 10.9. The molecule has 5 heteroatoms. The van der Waals surface area contributed by atoms with Crippen molar-refractivity contribution in [2.24, 2.45) is 11.8 Å². The first kappa shape index (κ1) is 19.2. The van der Waals surface area contributed by atoms with Crippen LogP contribution in [0.3, 0.4) is 0 Å². The lowest BCUT2D eigenvalue weighted by Gasteiger charge is -2.56. The molecule has 3 fully saturated rings. The van der Waals surface area contributed by atoms with Gasteiger partial charge in [-0.05, 0) is 36.7 Å². The Morgan fingerprint density at radius 2 is 2.00 bits per heavy atom. The van der Waals surface area contributed by atoms with E-state index in [-0.39, 0.29) is 11.9 Å². The lowest BCUT2D eigenvalue weighted by Crippen LogP contribution is -2.67. The van der Waals surface area contributed by atoms with Crippen molar-refractivity contribution in [3.05, 3.63) is 42.0 Å². The largest absolute Gasteiger partial charge is 0.354 e. The van der Waals surface area contributed by atoms with E-state index >= 15 is 0 Å². The number of nitrogens with zero attached hydrogens (tertiary/aromatic N) is 2. The predicted octanol–water partition coefficient (Wildman–Crippen LogP) is 2.54. The van der Waals surface area contributed by atoms with Gasteiger partial charge in [-0.15, -0.1) is 0 Å². The van der Waals surface area contributed by atoms with Crippen LogP contribution in [-0.4, -0.2) is 59.9 Å². The van der Waals surface area contributed by atoms with Crippen molar-refractivity contribution >= 4 is 17.9 Å². The van der Waals surface area contributed by atoms with Crippen molar-refractivity contribution in [1.29, 1.82) is 0 Å². The van der Waals surface area contributed by atoms with E-state index in [0.29, 0.717) is 36.8 Å². The van der Waals surface area contributed by atoms with Crippen LogP contribution in [0, 0.1) is 11.8 Å². The van der Waals surface area contributed by atoms with Crippen LogP contribution in [0.4, 0.5) is 0 Å². The Morgan fingerprint density at radius 3 is 2.79 bits per heavy atom. The molecule has 0 aromatic heterocycles. The number of carbonyl (C=O) groups is 2. The fourth-order valence-corrected chi connectivity index (χ4v) is 5.43. The molecule has 3 aliphatic heterocycles. The molecule has 4 atom stereocenters. The molecule has 3 saturated heterocycles. The minimum Gasteiger partial charge on any atom is -0.354 e. The Balaban J connectivity index is 1.46. The van der Waals surface area contributed by atoms with Gasteiger partial charge in [0, 0.05) is 45.6 Å². The maximum Gasteiger partial charge on any atom is 0.223 e. The number of benzene rings is 1. The summed E-state index contributed by atoms with van der Waals surface area (Å²) in [6.45, 7) is 5.15. The number of likely N-dealkylation sites (tertiary alicyclic amines) is 1. The molecule has 1 N–H and O–H groups in total. The Kier molecular flexibility index (Phi) is 5.81. The van der Waals surface area contributed by atoms with E-state index in [0.717, 1.165) is 32.5 Å². The summed E-state index contributed by atoms with van der Waals surface area (Å²) >= 11 is 0. The van der Waals surface area contributed by atoms with E-state index in [4.69, 9.17) is 0 Å². The summed E-state index contributed by atoms with van der Waals surface area (Å²) < 4.78 is 0. The van der Waals surface area contributed by atoms with Gasteiger partial charge >= 0.3 is 0 Å². The first-order valence-electron chi connectivity index (χ1n) is 10.6.